The summed E-state index contributed by atoms with van der Waals surface area (Å²) in [5.41, 5.74) is 4.13. The Morgan fingerprint density at radius 3 is 2.42 bits per heavy atom. The zero-order valence-electron chi connectivity index (χ0n) is 11.3. The van der Waals surface area contributed by atoms with E-state index in [0.29, 0.717) is 5.56 Å². The third-order valence-electron chi connectivity index (χ3n) is 2.81. The molecule has 3 N–H and O–H groups in total. The van der Waals surface area contributed by atoms with Crippen LogP contribution in [0, 0.1) is 23.6 Å². The number of benzene rings is 1. The highest BCUT2D eigenvalue weighted by atomic mass is 19.1. The van der Waals surface area contributed by atoms with E-state index in [0.717, 1.165) is 6.07 Å². The van der Waals surface area contributed by atoms with E-state index in [-0.39, 0.29) is 17.4 Å². The van der Waals surface area contributed by atoms with Crippen molar-refractivity contribution in [2.24, 2.45) is 11.1 Å². The van der Waals surface area contributed by atoms with E-state index in [4.69, 9.17) is 12.2 Å². The van der Waals surface area contributed by atoms with Crippen LogP contribution in [0.25, 0.3) is 0 Å². The predicted molar refractivity (Wildman–Crippen MR) is 71.9 cm³/mol. The number of hydrogen-bond acceptors (Lipinski definition) is 2. The van der Waals surface area contributed by atoms with Crippen molar-refractivity contribution in [2.45, 2.75) is 32.7 Å². The molecule has 0 bridgehead atoms. The van der Waals surface area contributed by atoms with Gasteiger partial charge in [-0.25, -0.2) is 9.18 Å². The van der Waals surface area contributed by atoms with Gasteiger partial charge in [-0.1, -0.05) is 32.8 Å². The minimum Gasteiger partial charge on any atom is -0.480 e. The number of hydrogen-bond donors (Lipinski definition) is 2. The minimum absolute atomic E-state index is 0.0473. The first-order chi connectivity index (χ1) is 8.60. The quantitative estimate of drug-likeness (QED) is 0.823. The van der Waals surface area contributed by atoms with Crippen molar-refractivity contribution in [3.63, 3.8) is 0 Å². The van der Waals surface area contributed by atoms with Crippen molar-refractivity contribution in [1.82, 2.24) is 0 Å². The van der Waals surface area contributed by atoms with Crippen molar-refractivity contribution in [3.8, 4) is 12.3 Å². The molecule has 1 aromatic rings. The molecule has 0 unspecified atom stereocenters. The Labute approximate surface area is 112 Å². The Kier molecular flexibility index (Phi) is 4.02. The van der Waals surface area contributed by atoms with Gasteiger partial charge in [-0.3, -0.25) is 0 Å². The summed E-state index contributed by atoms with van der Waals surface area (Å²) in [6.45, 7) is 5.56. The van der Waals surface area contributed by atoms with Crippen LogP contribution in [0.3, 0.4) is 0 Å². The fourth-order valence-electron chi connectivity index (χ4n) is 2.09. The molecule has 0 fully saturated rings. The molecule has 102 valence electrons. The maximum Gasteiger partial charge on any atom is 0.328 e. The molecule has 1 rings (SSSR count). The summed E-state index contributed by atoms with van der Waals surface area (Å²) < 4.78 is 14.0. The van der Waals surface area contributed by atoms with Gasteiger partial charge in [0.05, 0.1) is 0 Å². The topological polar surface area (TPSA) is 63.3 Å². The number of carbonyl (C=O) groups is 1. The maximum absolute atomic E-state index is 14.0. The highest BCUT2D eigenvalue weighted by Crippen LogP contribution is 2.34. The Morgan fingerprint density at radius 1 is 1.47 bits per heavy atom. The number of nitrogens with two attached hydrogens (primary N) is 1. The van der Waals surface area contributed by atoms with Crippen molar-refractivity contribution in [1.29, 1.82) is 0 Å². The molecular formula is C15H18FNO2. The third-order valence-corrected chi connectivity index (χ3v) is 2.81. The first-order valence-corrected chi connectivity index (χ1v) is 5.89. The van der Waals surface area contributed by atoms with Crippen LogP contribution in [-0.2, 0) is 10.3 Å². The number of terminal acetylenes is 1. The summed E-state index contributed by atoms with van der Waals surface area (Å²) in [7, 11) is 0. The normalized spacial score (nSPS) is 14.5. The third kappa shape index (κ3) is 3.33. The molecule has 0 saturated heterocycles. The number of rotatable bonds is 3. The lowest BCUT2D eigenvalue weighted by Gasteiger charge is -2.32. The second-order valence-corrected chi connectivity index (χ2v) is 5.85. The molecule has 0 aliphatic carbocycles. The lowest BCUT2D eigenvalue weighted by molar-refractivity contribution is -0.145. The van der Waals surface area contributed by atoms with E-state index in [2.05, 4.69) is 5.92 Å². The number of halogens is 1. The maximum atomic E-state index is 14.0. The first kappa shape index (κ1) is 15.2. The Hall–Kier alpha value is -1.86. The van der Waals surface area contributed by atoms with Crippen LogP contribution < -0.4 is 5.73 Å². The van der Waals surface area contributed by atoms with Gasteiger partial charge >= 0.3 is 5.97 Å². The number of carboxylic acid groups (broad SMARTS) is 1. The molecule has 19 heavy (non-hydrogen) atoms. The van der Waals surface area contributed by atoms with Crippen LogP contribution in [0.2, 0.25) is 0 Å². The standard InChI is InChI=1S/C15H18FNO2/c1-5-10-6-7-11(12(16)8-10)15(17,13(18)19)9-14(2,3)4/h1,6-8H,9,17H2,2-4H3,(H,18,19)/t15-/m1/s1. The van der Waals surface area contributed by atoms with Gasteiger partial charge in [0, 0.05) is 11.1 Å². The van der Waals surface area contributed by atoms with Crippen molar-refractivity contribution in [3.05, 3.63) is 35.1 Å². The highest BCUT2D eigenvalue weighted by Gasteiger charge is 2.41. The van der Waals surface area contributed by atoms with Gasteiger partial charge in [0.15, 0.2) is 0 Å². The molecule has 0 spiro atoms. The fourth-order valence-corrected chi connectivity index (χ4v) is 2.09. The molecule has 1 atom stereocenters. The molecule has 4 heteroatoms. The van der Waals surface area contributed by atoms with Gasteiger partial charge in [0.2, 0.25) is 0 Å². The molecule has 0 radical (unpaired) electrons. The average Bonchev–Trinajstić information content (AvgIpc) is 2.25. The van der Waals surface area contributed by atoms with E-state index in [1.165, 1.54) is 12.1 Å². The smallest absolute Gasteiger partial charge is 0.328 e. The first-order valence-electron chi connectivity index (χ1n) is 5.89. The van der Waals surface area contributed by atoms with Crippen molar-refractivity contribution in [2.75, 3.05) is 0 Å². The Morgan fingerprint density at radius 2 is 2.05 bits per heavy atom. The van der Waals surface area contributed by atoms with Gasteiger partial charge in [0.1, 0.15) is 11.4 Å². The van der Waals surface area contributed by atoms with Gasteiger partial charge in [0.25, 0.3) is 0 Å². The number of aliphatic carboxylic acids is 1. The average molecular weight is 263 g/mol. The molecule has 1 aromatic carbocycles. The Bertz CT molecular complexity index is 540. The SMILES string of the molecule is C#Cc1ccc([C@](N)(CC(C)(C)C)C(=O)O)c(F)c1. The van der Waals surface area contributed by atoms with Crippen LogP contribution in [0.4, 0.5) is 4.39 Å². The molecule has 0 aliphatic rings. The minimum atomic E-state index is -1.77. The molecular weight excluding hydrogens is 245 g/mol. The van der Waals surface area contributed by atoms with Crippen LogP contribution in [0.1, 0.15) is 38.3 Å². The predicted octanol–water partition coefficient (Wildman–Crippen LogP) is 2.48. The van der Waals surface area contributed by atoms with E-state index >= 15 is 0 Å². The van der Waals surface area contributed by atoms with Gasteiger partial charge < -0.3 is 10.8 Å². The van der Waals surface area contributed by atoms with E-state index in [9.17, 15) is 14.3 Å². The molecule has 0 heterocycles. The summed E-state index contributed by atoms with van der Waals surface area (Å²) >= 11 is 0. The van der Waals surface area contributed by atoms with Gasteiger partial charge in [-0.05, 0) is 24.0 Å². The fraction of sp³-hybridized carbons (Fsp3) is 0.400. The van der Waals surface area contributed by atoms with Crippen molar-refractivity contribution < 1.29 is 14.3 Å². The molecule has 0 amide bonds. The largest absolute Gasteiger partial charge is 0.480 e. The molecule has 0 saturated carbocycles. The summed E-state index contributed by atoms with van der Waals surface area (Å²) in [6.07, 6.45) is 5.29. The Balaban J connectivity index is 3.36. The van der Waals surface area contributed by atoms with E-state index in [1.807, 2.05) is 20.8 Å². The number of carboxylic acids is 1. The second kappa shape index (κ2) is 5.02. The van der Waals surface area contributed by atoms with Crippen LogP contribution in [0.5, 0.6) is 0 Å². The second-order valence-electron chi connectivity index (χ2n) is 5.85. The lowest BCUT2D eigenvalue weighted by atomic mass is 9.76. The highest BCUT2D eigenvalue weighted by molar-refractivity contribution is 5.80. The zero-order valence-corrected chi connectivity index (χ0v) is 11.3. The van der Waals surface area contributed by atoms with Crippen molar-refractivity contribution >= 4 is 5.97 Å². The van der Waals surface area contributed by atoms with Crippen LogP contribution in [-0.4, -0.2) is 11.1 Å². The van der Waals surface area contributed by atoms with Crippen LogP contribution in [0.15, 0.2) is 18.2 Å². The summed E-state index contributed by atoms with van der Waals surface area (Å²) in [5.74, 6) is 0.351. The monoisotopic (exact) mass is 263 g/mol. The van der Waals surface area contributed by atoms with Gasteiger partial charge in [-0.2, -0.15) is 0 Å². The van der Waals surface area contributed by atoms with Crippen LogP contribution >= 0.6 is 0 Å². The zero-order chi connectivity index (χ0) is 14.8. The van der Waals surface area contributed by atoms with E-state index < -0.39 is 17.3 Å². The lowest BCUT2D eigenvalue weighted by Crippen LogP contribution is -2.48. The molecule has 0 aliphatic heterocycles. The van der Waals surface area contributed by atoms with E-state index in [1.54, 1.807) is 0 Å². The molecule has 0 aromatic heterocycles. The van der Waals surface area contributed by atoms with Gasteiger partial charge in [-0.15, -0.1) is 6.42 Å². The molecule has 3 nitrogen and oxygen atoms in total. The summed E-state index contributed by atoms with van der Waals surface area (Å²) in [6, 6.07) is 3.97. The summed E-state index contributed by atoms with van der Waals surface area (Å²) in [5, 5.41) is 9.37. The summed E-state index contributed by atoms with van der Waals surface area (Å²) in [4.78, 5) is 11.5.